The molecule has 0 aliphatic rings. The maximum Gasteiger partial charge on any atom is 0.339 e. The maximum atomic E-state index is 11.3. The summed E-state index contributed by atoms with van der Waals surface area (Å²) in [5.74, 6) is -0.346. The van der Waals surface area contributed by atoms with E-state index in [1.54, 1.807) is 12.3 Å². The Bertz CT molecular complexity index is 390. The molecule has 4 heteroatoms. The normalized spacial score (nSPS) is 12.2. The van der Waals surface area contributed by atoms with Crippen LogP contribution < -0.4 is 5.32 Å². The second kappa shape index (κ2) is 9.48. The molecule has 1 atom stereocenters. The molecule has 0 aliphatic heterocycles. The zero-order chi connectivity index (χ0) is 14.8. The fraction of sp³-hybridized carbons (Fsp3) is 0.625. The van der Waals surface area contributed by atoms with Gasteiger partial charge in [0.1, 0.15) is 0 Å². The van der Waals surface area contributed by atoms with Gasteiger partial charge in [0.25, 0.3) is 0 Å². The summed E-state index contributed by atoms with van der Waals surface area (Å²) in [5, 5.41) is 3.46. The molecule has 0 spiro atoms. The largest absolute Gasteiger partial charge is 0.465 e. The highest BCUT2D eigenvalue weighted by Gasteiger charge is 2.06. The fourth-order valence-electron chi connectivity index (χ4n) is 2.03. The molecule has 1 heterocycles. The van der Waals surface area contributed by atoms with Gasteiger partial charge in [0, 0.05) is 18.8 Å². The molecule has 1 unspecified atom stereocenters. The quantitative estimate of drug-likeness (QED) is 0.556. The first kappa shape index (κ1) is 16.6. The lowest BCUT2D eigenvalue weighted by molar-refractivity contribution is 0.0600. The number of nitrogens with one attached hydrogen (secondary N) is 1. The maximum absolute atomic E-state index is 11.3. The number of ether oxygens (including phenoxy) is 1. The third-order valence-corrected chi connectivity index (χ3v) is 3.37. The molecule has 0 aliphatic carbocycles. The number of carbonyl (C=O) groups is 1. The third kappa shape index (κ3) is 6.15. The van der Waals surface area contributed by atoms with Gasteiger partial charge in [0.15, 0.2) is 0 Å². The molecule has 20 heavy (non-hydrogen) atoms. The van der Waals surface area contributed by atoms with Crippen LogP contribution in [0.1, 0.15) is 62.0 Å². The number of methoxy groups -OCH3 is 1. The Morgan fingerprint density at radius 2 is 2.15 bits per heavy atom. The first-order valence-electron chi connectivity index (χ1n) is 7.44. The van der Waals surface area contributed by atoms with Crippen molar-refractivity contribution < 1.29 is 9.53 Å². The highest BCUT2D eigenvalue weighted by Crippen LogP contribution is 2.06. The average molecular weight is 278 g/mol. The van der Waals surface area contributed by atoms with Crippen LogP contribution in [0.5, 0.6) is 0 Å². The van der Waals surface area contributed by atoms with Crippen molar-refractivity contribution in [1.29, 1.82) is 0 Å². The van der Waals surface area contributed by atoms with E-state index in [9.17, 15) is 4.79 Å². The molecule has 0 saturated carbocycles. The molecule has 0 saturated heterocycles. The second-order valence-corrected chi connectivity index (χ2v) is 5.16. The first-order valence-corrected chi connectivity index (χ1v) is 7.44. The van der Waals surface area contributed by atoms with E-state index in [4.69, 9.17) is 0 Å². The molecule has 1 aromatic rings. The highest BCUT2D eigenvalue weighted by molar-refractivity contribution is 5.88. The van der Waals surface area contributed by atoms with E-state index in [1.165, 1.54) is 39.2 Å². The van der Waals surface area contributed by atoms with Crippen molar-refractivity contribution in [2.45, 2.75) is 58.5 Å². The average Bonchev–Trinajstić information content (AvgIpc) is 2.49. The third-order valence-electron chi connectivity index (χ3n) is 3.37. The standard InChI is InChI=1S/C16H26N2O2/c1-4-5-6-7-8-13(2)17-12-15-10-9-14(11-18-15)16(19)20-3/h9-11,13,17H,4-8,12H2,1-3H3. The topological polar surface area (TPSA) is 51.2 Å². The van der Waals surface area contributed by atoms with Crippen molar-refractivity contribution in [2.24, 2.45) is 0 Å². The predicted molar refractivity (Wildman–Crippen MR) is 80.6 cm³/mol. The number of carbonyl (C=O) groups excluding carboxylic acids is 1. The molecule has 0 radical (unpaired) electrons. The number of unbranched alkanes of at least 4 members (excludes halogenated alkanes) is 3. The van der Waals surface area contributed by atoms with Crippen LogP contribution in [0.15, 0.2) is 18.3 Å². The Kier molecular flexibility index (Phi) is 7.88. The van der Waals surface area contributed by atoms with Gasteiger partial charge in [0.2, 0.25) is 0 Å². The highest BCUT2D eigenvalue weighted by atomic mass is 16.5. The van der Waals surface area contributed by atoms with Gasteiger partial charge in [-0.25, -0.2) is 4.79 Å². The van der Waals surface area contributed by atoms with Gasteiger partial charge >= 0.3 is 5.97 Å². The number of rotatable bonds is 9. The van der Waals surface area contributed by atoms with Crippen LogP contribution in [0.25, 0.3) is 0 Å². The molecule has 0 fully saturated rings. The van der Waals surface area contributed by atoms with Crippen LogP contribution >= 0.6 is 0 Å². The van der Waals surface area contributed by atoms with E-state index in [2.05, 4.69) is 28.9 Å². The van der Waals surface area contributed by atoms with Crippen LogP contribution in [0.2, 0.25) is 0 Å². The van der Waals surface area contributed by atoms with Gasteiger partial charge in [-0.15, -0.1) is 0 Å². The Labute approximate surface area is 121 Å². The molecule has 4 nitrogen and oxygen atoms in total. The fourth-order valence-corrected chi connectivity index (χ4v) is 2.03. The van der Waals surface area contributed by atoms with E-state index in [0.717, 1.165) is 12.2 Å². The van der Waals surface area contributed by atoms with E-state index in [1.807, 2.05) is 6.07 Å². The van der Waals surface area contributed by atoms with E-state index >= 15 is 0 Å². The predicted octanol–water partition coefficient (Wildman–Crippen LogP) is 3.32. The van der Waals surface area contributed by atoms with Crippen molar-refractivity contribution >= 4 is 5.97 Å². The molecule has 1 aromatic heterocycles. The van der Waals surface area contributed by atoms with Crippen molar-refractivity contribution in [3.05, 3.63) is 29.6 Å². The second-order valence-electron chi connectivity index (χ2n) is 5.16. The Morgan fingerprint density at radius 1 is 1.35 bits per heavy atom. The summed E-state index contributed by atoms with van der Waals surface area (Å²) in [5.41, 5.74) is 1.43. The van der Waals surface area contributed by atoms with Crippen molar-refractivity contribution in [3.63, 3.8) is 0 Å². The summed E-state index contributed by atoms with van der Waals surface area (Å²) in [4.78, 5) is 15.6. The number of hydrogen-bond donors (Lipinski definition) is 1. The van der Waals surface area contributed by atoms with Crippen molar-refractivity contribution in [1.82, 2.24) is 10.3 Å². The van der Waals surface area contributed by atoms with E-state index in [0.29, 0.717) is 11.6 Å². The lowest BCUT2D eigenvalue weighted by Gasteiger charge is -2.13. The monoisotopic (exact) mass is 278 g/mol. The van der Waals surface area contributed by atoms with Gasteiger partial charge in [-0.05, 0) is 25.5 Å². The molecule has 0 bridgehead atoms. The summed E-state index contributed by atoms with van der Waals surface area (Å²) in [6.45, 7) is 5.16. The van der Waals surface area contributed by atoms with Gasteiger partial charge in [-0.2, -0.15) is 0 Å². The van der Waals surface area contributed by atoms with E-state index in [-0.39, 0.29) is 5.97 Å². The van der Waals surface area contributed by atoms with Gasteiger partial charge in [-0.1, -0.05) is 32.6 Å². The number of esters is 1. The molecule has 0 aromatic carbocycles. The Hall–Kier alpha value is -1.42. The first-order chi connectivity index (χ1) is 9.67. The minimum absolute atomic E-state index is 0.346. The molecular formula is C16H26N2O2. The summed E-state index contributed by atoms with van der Waals surface area (Å²) < 4.78 is 4.64. The molecule has 1 rings (SSSR count). The minimum atomic E-state index is -0.346. The zero-order valence-corrected chi connectivity index (χ0v) is 12.8. The van der Waals surface area contributed by atoms with Crippen molar-refractivity contribution in [3.8, 4) is 0 Å². The van der Waals surface area contributed by atoms with Gasteiger partial charge in [0.05, 0.1) is 18.4 Å². The van der Waals surface area contributed by atoms with Gasteiger partial charge in [-0.3, -0.25) is 4.98 Å². The Morgan fingerprint density at radius 3 is 2.75 bits per heavy atom. The SMILES string of the molecule is CCCCCCC(C)NCc1ccc(C(=O)OC)cn1. The minimum Gasteiger partial charge on any atom is -0.465 e. The van der Waals surface area contributed by atoms with Crippen LogP contribution in [0, 0.1) is 0 Å². The number of aromatic nitrogens is 1. The zero-order valence-electron chi connectivity index (χ0n) is 12.8. The Balaban J connectivity index is 2.29. The summed E-state index contributed by atoms with van der Waals surface area (Å²) in [7, 11) is 1.37. The molecular weight excluding hydrogens is 252 g/mol. The van der Waals surface area contributed by atoms with E-state index < -0.39 is 0 Å². The lowest BCUT2D eigenvalue weighted by atomic mass is 10.1. The summed E-state index contributed by atoms with van der Waals surface area (Å²) in [6, 6.07) is 4.11. The number of pyridine rings is 1. The van der Waals surface area contributed by atoms with Crippen LogP contribution in [0.3, 0.4) is 0 Å². The molecule has 112 valence electrons. The summed E-state index contributed by atoms with van der Waals surface area (Å²) in [6.07, 6.45) is 7.95. The van der Waals surface area contributed by atoms with Crippen LogP contribution in [0.4, 0.5) is 0 Å². The molecule has 0 amide bonds. The van der Waals surface area contributed by atoms with Crippen LogP contribution in [-0.4, -0.2) is 24.1 Å². The lowest BCUT2D eigenvalue weighted by Crippen LogP contribution is -2.25. The summed E-state index contributed by atoms with van der Waals surface area (Å²) >= 11 is 0. The number of hydrogen-bond acceptors (Lipinski definition) is 4. The van der Waals surface area contributed by atoms with Gasteiger partial charge < -0.3 is 10.1 Å². The number of nitrogens with zero attached hydrogens (tertiary/aromatic N) is 1. The molecule has 1 N–H and O–H groups in total. The van der Waals surface area contributed by atoms with Crippen LogP contribution in [-0.2, 0) is 11.3 Å². The van der Waals surface area contributed by atoms with Crippen molar-refractivity contribution in [2.75, 3.05) is 7.11 Å². The smallest absolute Gasteiger partial charge is 0.339 e.